The van der Waals surface area contributed by atoms with E-state index in [0.29, 0.717) is 0 Å². The summed E-state index contributed by atoms with van der Waals surface area (Å²) in [5, 5.41) is 0. The van der Waals surface area contributed by atoms with Gasteiger partial charge in [-0.15, -0.1) is 0 Å². The number of rotatable bonds is 0. The first-order valence-corrected chi connectivity index (χ1v) is 15.9. The second kappa shape index (κ2) is 8.38. The van der Waals surface area contributed by atoms with Crippen molar-refractivity contribution in [2.75, 3.05) is 0 Å². The molecule has 0 rings (SSSR count). The van der Waals surface area contributed by atoms with Crippen LogP contribution in [-0.4, -0.2) is 27.8 Å². The average Bonchev–Trinajstić information content (AvgIpc) is 1.25. The molecule has 0 fully saturated rings. The van der Waals surface area contributed by atoms with Crippen LogP contribution in [0, 0.1) is 0 Å². The van der Waals surface area contributed by atoms with Crippen molar-refractivity contribution in [3.63, 3.8) is 0 Å². The van der Waals surface area contributed by atoms with Gasteiger partial charge in [0.1, 0.15) is 0 Å². The van der Waals surface area contributed by atoms with Crippen molar-refractivity contribution in [1.29, 1.82) is 0 Å². The summed E-state index contributed by atoms with van der Waals surface area (Å²) in [7, 11) is 5.44. The zero-order valence-electron chi connectivity index (χ0n) is 6.38. The molecule has 0 aliphatic heterocycles. The van der Waals surface area contributed by atoms with Gasteiger partial charge in [-0.1, -0.05) is 0 Å². The molecule has 2 radical (unpaired) electrons. The molecule has 0 N–H and O–H groups in total. The molecular formula is C5H15ClGe2. The van der Waals surface area contributed by atoms with Crippen LogP contribution in [0.15, 0.2) is 0 Å². The second-order valence-corrected chi connectivity index (χ2v) is 16.3. The van der Waals surface area contributed by atoms with Crippen molar-refractivity contribution in [3.8, 4) is 0 Å². The molecular weight excluding hydrogens is 241 g/mol. The molecule has 0 aliphatic carbocycles. The van der Waals surface area contributed by atoms with Crippen molar-refractivity contribution in [2.24, 2.45) is 0 Å². The van der Waals surface area contributed by atoms with Crippen LogP contribution in [0.3, 0.4) is 0 Å². The topological polar surface area (TPSA) is 0 Å². The Hall–Kier alpha value is 1.38. The molecule has 0 saturated heterocycles. The van der Waals surface area contributed by atoms with E-state index < -0.39 is 13.4 Å². The van der Waals surface area contributed by atoms with Gasteiger partial charge in [0.15, 0.2) is 0 Å². The van der Waals surface area contributed by atoms with E-state index in [4.69, 9.17) is 10.0 Å². The Kier molecular flexibility index (Phi) is 12.7. The molecule has 0 spiro atoms. The molecule has 0 atom stereocenters. The molecule has 0 aromatic rings. The Morgan fingerprint density at radius 2 is 0.875 bits per heavy atom. The zero-order valence-corrected chi connectivity index (χ0v) is 11.3. The third-order valence-electron chi connectivity index (χ3n) is 0. The summed E-state index contributed by atoms with van der Waals surface area (Å²) in [6.07, 6.45) is 0. The Morgan fingerprint density at radius 1 is 0.875 bits per heavy atom. The minimum atomic E-state index is -0.861. The van der Waals surface area contributed by atoms with Gasteiger partial charge >= 0.3 is 66.6 Å². The van der Waals surface area contributed by atoms with Gasteiger partial charge in [-0.25, -0.2) is 0 Å². The Bertz CT molecular complexity index is 25.9. The van der Waals surface area contributed by atoms with Crippen LogP contribution in [-0.2, 0) is 0 Å². The summed E-state index contributed by atoms with van der Waals surface area (Å²) >= 11 is -1.19. The summed E-state index contributed by atoms with van der Waals surface area (Å²) in [5.41, 5.74) is 0. The van der Waals surface area contributed by atoms with Gasteiger partial charge in [-0.3, -0.25) is 0 Å². The summed E-state index contributed by atoms with van der Waals surface area (Å²) in [6, 6.07) is 0. The van der Waals surface area contributed by atoms with E-state index in [1.54, 1.807) is 0 Å². The summed E-state index contributed by atoms with van der Waals surface area (Å²) < 4.78 is 0. The van der Waals surface area contributed by atoms with Crippen LogP contribution in [0.2, 0.25) is 28.8 Å². The fourth-order valence-electron chi connectivity index (χ4n) is 0. The van der Waals surface area contributed by atoms with E-state index in [0.717, 1.165) is 0 Å². The fraction of sp³-hybridized carbons (Fsp3) is 1.00. The first kappa shape index (κ1) is 12.1. The average molecular weight is 256 g/mol. The zero-order chi connectivity index (χ0) is 7.15. The van der Waals surface area contributed by atoms with E-state index in [1.165, 1.54) is 0 Å². The molecule has 50 valence electrons. The van der Waals surface area contributed by atoms with Gasteiger partial charge < -0.3 is 0 Å². The minimum absolute atomic E-state index is 0.333. The number of halogens is 1. The quantitative estimate of drug-likeness (QED) is 0.584. The predicted molar refractivity (Wildman–Crippen MR) is 46.7 cm³/mol. The van der Waals surface area contributed by atoms with E-state index in [1.807, 2.05) is 0 Å². The van der Waals surface area contributed by atoms with Crippen molar-refractivity contribution in [1.82, 2.24) is 0 Å². The molecule has 0 heterocycles. The molecule has 0 aliphatic rings. The van der Waals surface area contributed by atoms with Crippen molar-refractivity contribution in [3.05, 3.63) is 0 Å². The normalized spacial score (nSPS) is 9.00. The third-order valence-corrected chi connectivity index (χ3v) is 0. The van der Waals surface area contributed by atoms with Crippen LogP contribution in [0.25, 0.3) is 0 Å². The molecule has 0 aromatic carbocycles. The molecule has 0 amide bonds. The van der Waals surface area contributed by atoms with Gasteiger partial charge in [-0.05, 0) is 0 Å². The van der Waals surface area contributed by atoms with E-state index >= 15 is 0 Å². The maximum atomic E-state index is 5.44. The van der Waals surface area contributed by atoms with Crippen molar-refractivity contribution in [2.45, 2.75) is 28.8 Å². The molecule has 3 heteroatoms. The number of hydrogen-bond acceptors (Lipinski definition) is 0. The molecule has 0 nitrogen and oxygen atoms in total. The van der Waals surface area contributed by atoms with Gasteiger partial charge in [0, 0.05) is 0 Å². The van der Waals surface area contributed by atoms with Crippen molar-refractivity contribution < 1.29 is 0 Å². The van der Waals surface area contributed by atoms with E-state index in [-0.39, 0.29) is 14.3 Å². The van der Waals surface area contributed by atoms with Crippen LogP contribution < -0.4 is 0 Å². The SMILES string of the molecule is [CH3][Ge]([CH3])[CH3].[CH3][Ge]([CH3])[Cl]. The van der Waals surface area contributed by atoms with Crippen LogP contribution in [0.1, 0.15) is 0 Å². The first-order chi connectivity index (χ1) is 3.46. The van der Waals surface area contributed by atoms with Gasteiger partial charge in [-0.2, -0.15) is 0 Å². The predicted octanol–water partition coefficient (Wildman–Crippen LogP) is 2.85. The molecule has 0 aromatic heterocycles. The molecule has 0 bridgehead atoms. The summed E-state index contributed by atoms with van der Waals surface area (Å²) in [5.74, 6) is 11.2. The maximum absolute atomic E-state index is 5.44. The van der Waals surface area contributed by atoms with E-state index in [9.17, 15) is 0 Å². The molecule has 0 unspecified atom stereocenters. The third kappa shape index (κ3) is 158. The van der Waals surface area contributed by atoms with Crippen LogP contribution >= 0.6 is 10.0 Å². The Balaban J connectivity index is 0. The van der Waals surface area contributed by atoms with Gasteiger partial charge in [0.2, 0.25) is 0 Å². The van der Waals surface area contributed by atoms with E-state index in [2.05, 4.69) is 28.8 Å². The molecule has 8 heavy (non-hydrogen) atoms. The van der Waals surface area contributed by atoms with Gasteiger partial charge in [0.25, 0.3) is 0 Å². The fourth-order valence-corrected chi connectivity index (χ4v) is 0. The first-order valence-electron chi connectivity index (χ1n) is 2.69. The standard InChI is InChI=1S/C3H9Ge.C2H6ClGe/c2*1-4(2)3/h1-3H3;1-2H3. The van der Waals surface area contributed by atoms with Crippen LogP contribution in [0.5, 0.6) is 0 Å². The Morgan fingerprint density at radius 3 is 0.875 bits per heavy atom. The molecule has 0 saturated carbocycles. The summed E-state index contributed by atoms with van der Waals surface area (Å²) in [4.78, 5) is 0. The second-order valence-electron chi connectivity index (χ2n) is 2.38. The number of hydrogen-bond donors (Lipinski definition) is 0. The van der Waals surface area contributed by atoms with Crippen molar-refractivity contribution >= 4 is 37.8 Å². The summed E-state index contributed by atoms with van der Waals surface area (Å²) in [6.45, 7) is 0. The van der Waals surface area contributed by atoms with Gasteiger partial charge in [0.05, 0.1) is 0 Å². The van der Waals surface area contributed by atoms with Crippen LogP contribution in [0.4, 0.5) is 0 Å². The Labute approximate surface area is 66.4 Å². The monoisotopic (exact) mass is 258 g/mol.